The molecule has 1 saturated carbocycles. The quantitative estimate of drug-likeness (QED) is 0.530. The highest BCUT2D eigenvalue weighted by atomic mass is 35.5. The Hall–Kier alpha value is -2.61. The van der Waals surface area contributed by atoms with Crippen molar-refractivity contribution in [2.45, 2.75) is 62.9 Å². The monoisotopic (exact) mass is 484 g/mol. The van der Waals surface area contributed by atoms with E-state index in [9.17, 15) is 14.7 Å². The summed E-state index contributed by atoms with van der Waals surface area (Å²) >= 11 is 5.91. The Bertz CT molecular complexity index is 1060. The Kier molecular flexibility index (Phi) is 6.77. The number of benzene rings is 2. The van der Waals surface area contributed by atoms with Crippen molar-refractivity contribution in [3.05, 3.63) is 58.6 Å². The highest BCUT2D eigenvalue weighted by Crippen LogP contribution is 2.47. The van der Waals surface area contributed by atoms with Gasteiger partial charge in [-0.1, -0.05) is 23.7 Å². The molecule has 5 rings (SSSR count). The third-order valence-electron chi connectivity index (χ3n) is 6.77. The van der Waals surface area contributed by atoms with Crippen molar-refractivity contribution in [2.24, 2.45) is 5.92 Å². The number of amides is 2. The number of hydrogen-bond acceptors (Lipinski definition) is 5. The van der Waals surface area contributed by atoms with Crippen LogP contribution in [0, 0.1) is 5.92 Å². The van der Waals surface area contributed by atoms with Gasteiger partial charge in [0.1, 0.15) is 18.0 Å². The van der Waals surface area contributed by atoms with Gasteiger partial charge in [0.2, 0.25) is 11.8 Å². The second kappa shape index (κ2) is 9.94. The van der Waals surface area contributed by atoms with E-state index in [-0.39, 0.29) is 43.0 Å². The van der Waals surface area contributed by atoms with Gasteiger partial charge in [-0.2, -0.15) is 0 Å². The SMILES string of the molecule is O=C(C[C@@H]1C[C@@H]2c3cc(NC(=O)CC4CC4)ccc3O[C@@H]2[C@@H](CO)O1)NCc1ccc(Cl)cc1. The van der Waals surface area contributed by atoms with E-state index in [2.05, 4.69) is 10.6 Å². The molecular formula is C26H29ClN2O5. The number of nitrogens with one attached hydrogen (secondary N) is 2. The van der Waals surface area contributed by atoms with Gasteiger partial charge in [0.15, 0.2) is 0 Å². The summed E-state index contributed by atoms with van der Waals surface area (Å²) in [4.78, 5) is 24.8. The number of fused-ring (bicyclic) bond motifs is 3. The molecule has 2 aromatic rings. The van der Waals surface area contributed by atoms with Crippen molar-refractivity contribution in [1.82, 2.24) is 5.32 Å². The fourth-order valence-electron chi connectivity index (χ4n) is 4.84. The molecule has 34 heavy (non-hydrogen) atoms. The Labute approximate surface area is 203 Å². The van der Waals surface area contributed by atoms with Gasteiger partial charge in [0, 0.05) is 35.2 Å². The third-order valence-corrected chi connectivity index (χ3v) is 7.02. The maximum atomic E-state index is 12.6. The lowest BCUT2D eigenvalue weighted by Crippen LogP contribution is -2.47. The van der Waals surface area contributed by atoms with Gasteiger partial charge in [-0.25, -0.2) is 0 Å². The first-order chi connectivity index (χ1) is 16.5. The van der Waals surface area contributed by atoms with Crippen molar-refractivity contribution in [3.63, 3.8) is 0 Å². The van der Waals surface area contributed by atoms with Gasteiger partial charge >= 0.3 is 0 Å². The molecule has 2 aliphatic heterocycles. The first kappa shape index (κ1) is 23.1. The van der Waals surface area contributed by atoms with Crippen molar-refractivity contribution in [2.75, 3.05) is 11.9 Å². The summed E-state index contributed by atoms with van der Waals surface area (Å²) in [7, 11) is 0. The van der Waals surface area contributed by atoms with Crippen LogP contribution in [-0.4, -0.2) is 41.8 Å². The van der Waals surface area contributed by atoms with E-state index in [1.165, 1.54) is 0 Å². The van der Waals surface area contributed by atoms with E-state index < -0.39 is 6.10 Å². The molecule has 2 heterocycles. The van der Waals surface area contributed by atoms with Gasteiger partial charge in [0.25, 0.3) is 0 Å². The molecule has 0 radical (unpaired) electrons. The van der Waals surface area contributed by atoms with E-state index in [1.54, 1.807) is 12.1 Å². The molecule has 3 N–H and O–H groups in total. The van der Waals surface area contributed by atoms with E-state index in [4.69, 9.17) is 21.1 Å². The molecule has 180 valence electrons. The van der Waals surface area contributed by atoms with E-state index in [1.807, 2.05) is 30.3 Å². The van der Waals surface area contributed by atoms with Gasteiger partial charge in [-0.3, -0.25) is 9.59 Å². The van der Waals surface area contributed by atoms with E-state index >= 15 is 0 Å². The number of ether oxygens (including phenoxy) is 2. The van der Waals surface area contributed by atoms with Crippen molar-refractivity contribution >= 4 is 29.1 Å². The summed E-state index contributed by atoms with van der Waals surface area (Å²) in [5, 5.41) is 16.5. The van der Waals surface area contributed by atoms with Crippen LogP contribution >= 0.6 is 11.6 Å². The van der Waals surface area contributed by atoms with Crippen LogP contribution in [0.15, 0.2) is 42.5 Å². The number of halogens is 1. The largest absolute Gasteiger partial charge is 0.487 e. The van der Waals surface area contributed by atoms with Crippen LogP contribution in [0.5, 0.6) is 5.75 Å². The minimum Gasteiger partial charge on any atom is -0.487 e. The summed E-state index contributed by atoms with van der Waals surface area (Å²) in [5.74, 6) is 1.17. The lowest BCUT2D eigenvalue weighted by atomic mass is 9.84. The van der Waals surface area contributed by atoms with Crippen LogP contribution < -0.4 is 15.4 Å². The number of carbonyl (C=O) groups excluding carboxylic acids is 2. The molecule has 0 aromatic heterocycles. The molecule has 0 spiro atoms. The summed E-state index contributed by atoms with van der Waals surface area (Å²) in [5.41, 5.74) is 2.70. The zero-order valence-corrected chi connectivity index (χ0v) is 19.6. The Morgan fingerprint density at radius 1 is 1.06 bits per heavy atom. The zero-order valence-electron chi connectivity index (χ0n) is 18.8. The standard InChI is InChI=1S/C26H29ClN2O5/c27-17-5-3-16(4-6-17)13-28-24(31)12-19-11-21-20-10-18(29-25(32)9-15-1-2-15)7-8-22(20)34-26(21)23(14-30)33-19/h3-8,10,15,19,21,23,26,30H,1-2,9,11-14H2,(H,28,31)(H,29,32)/t19-,21+,23+,26-/m0/s1. The molecule has 2 fully saturated rings. The van der Waals surface area contributed by atoms with Gasteiger partial charge in [0.05, 0.1) is 19.1 Å². The first-order valence-electron chi connectivity index (χ1n) is 11.9. The van der Waals surface area contributed by atoms with Crippen molar-refractivity contribution in [1.29, 1.82) is 0 Å². The Morgan fingerprint density at radius 2 is 1.85 bits per heavy atom. The number of hydrogen-bond donors (Lipinski definition) is 3. The molecule has 1 saturated heterocycles. The van der Waals surface area contributed by atoms with Crippen molar-refractivity contribution in [3.8, 4) is 5.75 Å². The number of aliphatic hydroxyl groups excluding tert-OH is 1. The second-order valence-electron chi connectivity index (χ2n) is 9.46. The Morgan fingerprint density at radius 3 is 2.59 bits per heavy atom. The maximum Gasteiger partial charge on any atom is 0.224 e. The van der Waals surface area contributed by atoms with Crippen molar-refractivity contribution < 1.29 is 24.2 Å². The smallest absolute Gasteiger partial charge is 0.224 e. The molecule has 4 atom stereocenters. The predicted octanol–water partition coefficient (Wildman–Crippen LogP) is 3.78. The lowest BCUT2D eigenvalue weighted by Gasteiger charge is -2.37. The highest BCUT2D eigenvalue weighted by Gasteiger charge is 2.46. The molecular weight excluding hydrogens is 456 g/mol. The fourth-order valence-corrected chi connectivity index (χ4v) is 4.97. The van der Waals surface area contributed by atoms with Crippen LogP contribution in [0.4, 0.5) is 5.69 Å². The molecule has 0 unspecified atom stereocenters. The number of anilines is 1. The molecule has 1 aliphatic carbocycles. The summed E-state index contributed by atoms with van der Waals surface area (Å²) in [6.45, 7) is 0.219. The van der Waals surface area contributed by atoms with Crippen LogP contribution in [0.3, 0.4) is 0 Å². The zero-order chi connectivity index (χ0) is 23.7. The van der Waals surface area contributed by atoms with Gasteiger partial charge < -0.3 is 25.2 Å². The lowest BCUT2D eigenvalue weighted by molar-refractivity contribution is -0.142. The molecule has 0 bridgehead atoms. The van der Waals surface area contributed by atoms with Crippen LogP contribution in [0.25, 0.3) is 0 Å². The summed E-state index contributed by atoms with van der Waals surface area (Å²) in [6.07, 6.45) is 2.44. The van der Waals surface area contributed by atoms with Gasteiger partial charge in [-0.15, -0.1) is 0 Å². The predicted molar refractivity (Wildman–Crippen MR) is 128 cm³/mol. The van der Waals surface area contributed by atoms with Crippen LogP contribution in [0.1, 0.15) is 49.1 Å². The van der Waals surface area contributed by atoms with Gasteiger partial charge in [-0.05, 0) is 61.1 Å². The average Bonchev–Trinajstić information content (AvgIpc) is 3.56. The third kappa shape index (κ3) is 5.37. The van der Waals surface area contributed by atoms with E-state index in [0.717, 1.165) is 35.4 Å². The second-order valence-corrected chi connectivity index (χ2v) is 9.90. The van der Waals surface area contributed by atoms with Crippen LogP contribution in [-0.2, 0) is 20.9 Å². The normalized spacial score (nSPS) is 25.1. The highest BCUT2D eigenvalue weighted by molar-refractivity contribution is 6.30. The summed E-state index contributed by atoms with van der Waals surface area (Å²) in [6, 6.07) is 13.0. The van der Waals surface area contributed by atoms with E-state index in [0.29, 0.717) is 30.3 Å². The number of rotatable bonds is 8. The molecule has 7 nitrogen and oxygen atoms in total. The number of aliphatic hydroxyl groups is 1. The Balaban J connectivity index is 1.22. The maximum absolute atomic E-state index is 12.6. The minimum atomic E-state index is -0.520. The minimum absolute atomic E-state index is 0.0183. The van der Waals surface area contributed by atoms with Crippen LogP contribution in [0.2, 0.25) is 5.02 Å². The average molecular weight is 485 g/mol. The fraction of sp³-hybridized carbons (Fsp3) is 0.462. The molecule has 2 amide bonds. The molecule has 8 heteroatoms. The first-order valence-corrected chi connectivity index (χ1v) is 12.2. The topological polar surface area (TPSA) is 96.9 Å². The molecule has 2 aromatic carbocycles. The summed E-state index contributed by atoms with van der Waals surface area (Å²) < 4.78 is 12.1. The molecule has 3 aliphatic rings. The number of carbonyl (C=O) groups is 2.